The highest BCUT2D eigenvalue weighted by Gasteiger charge is 2.16. The largest absolute Gasteiger partial charge is 0.328 e. The zero-order valence-corrected chi connectivity index (χ0v) is 8.40. The van der Waals surface area contributed by atoms with Gasteiger partial charge in [-0.2, -0.15) is 0 Å². The predicted molar refractivity (Wildman–Crippen MR) is 54.6 cm³/mol. The van der Waals surface area contributed by atoms with Gasteiger partial charge in [-0.25, -0.2) is 4.39 Å². The lowest BCUT2D eigenvalue weighted by molar-refractivity contribution is 0.0780. The first-order valence-electron chi connectivity index (χ1n) is 4.53. The number of halogens is 1. The Balaban J connectivity index is 2.94. The number of pyridine rings is 1. The van der Waals surface area contributed by atoms with E-state index in [0.717, 1.165) is 6.20 Å². The van der Waals surface area contributed by atoms with Crippen molar-refractivity contribution >= 4 is 5.91 Å². The minimum atomic E-state index is -0.627. The van der Waals surface area contributed by atoms with Crippen LogP contribution in [0.5, 0.6) is 0 Å². The molecule has 0 aliphatic rings. The predicted octanol–water partition coefficient (Wildman–Crippen LogP) is 1.32. The van der Waals surface area contributed by atoms with E-state index in [0.29, 0.717) is 6.54 Å². The van der Waals surface area contributed by atoms with E-state index in [2.05, 4.69) is 10.9 Å². The number of aromatic nitrogens is 1. The molecule has 3 nitrogen and oxygen atoms in total. The van der Waals surface area contributed by atoms with E-state index in [1.807, 2.05) is 0 Å². The molecule has 1 amide bonds. The van der Waals surface area contributed by atoms with Crippen molar-refractivity contribution in [3.05, 3.63) is 29.8 Å². The summed E-state index contributed by atoms with van der Waals surface area (Å²) in [6.07, 6.45) is 7.49. The Kier molecular flexibility index (Phi) is 3.81. The smallest absolute Gasteiger partial charge is 0.257 e. The highest BCUT2D eigenvalue weighted by atomic mass is 19.1. The Morgan fingerprint density at radius 3 is 3.00 bits per heavy atom. The van der Waals surface area contributed by atoms with Gasteiger partial charge in [-0.15, -0.1) is 6.42 Å². The molecule has 0 fully saturated rings. The summed E-state index contributed by atoms with van der Waals surface area (Å²) < 4.78 is 13.2. The maximum Gasteiger partial charge on any atom is 0.257 e. The number of hydrogen-bond acceptors (Lipinski definition) is 2. The maximum absolute atomic E-state index is 13.2. The highest BCUT2D eigenvalue weighted by Crippen LogP contribution is 2.08. The van der Waals surface area contributed by atoms with Gasteiger partial charge in [-0.05, 0) is 13.0 Å². The average Bonchev–Trinajstić information content (AvgIpc) is 2.25. The fourth-order valence-corrected chi connectivity index (χ4v) is 1.16. The molecule has 0 aliphatic heterocycles. The summed E-state index contributed by atoms with van der Waals surface area (Å²) in [5.41, 5.74) is 0.00194. The van der Waals surface area contributed by atoms with Crippen LogP contribution >= 0.6 is 0 Å². The van der Waals surface area contributed by atoms with Crippen molar-refractivity contribution in [2.45, 2.75) is 6.92 Å². The second kappa shape index (κ2) is 5.11. The molecule has 0 spiro atoms. The summed E-state index contributed by atoms with van der Waals surface area (Å²) >= 11 is 0. The molecule has 0 unspecified atom stereocenters. The third kappa shape index (κ3) is 2.53. The average molecular weight is 206 g/mol. The standard InChI is InChI=1S/C11H11FN2O/c1-3-7-14(4-2)11(15)9-5-6-13-8-10(9)12/h1,5-6,8H,4,7H2,2H3. The van der Waals surface area contributed by atoms with Crippen LogP contribution in [0.4, 0.5) is 4.39 Å². The maximum atomic E-state index is 13.2. The van der Waals surface area contributed by atoms with Crippen molar-refractivity contribution in [3.8, 4) is 12.3 Å². The third-order valence-corrected chi connectivity index (χ3v) is 1.95. The van der Waals surface area contributed by atoms with E-state index >= 15 is 0 Å². The lowest BCUT2D eigenvalue weighted by atomic mass is 10.2. The van der Waals surface area contributed by atoms with Crippen LogP contribution in [0.3, 0.4) is 0 Å². The first-order chi connectivity index (χ1) is 7.20. The Labute approximate surface area is 87.9 Å². The molecule has 4 heteroatoms. The van der Waals surface area contributed by atoms with Gasteiger partial charge in [0.15, 0.2) is 5.82 Å². The van der Waals surface area contributed by atoms with Gasteiger partial charge in [0.25, 0.3) is 5.91 Å². The Morgan fingerprint density at radius 2 is 2.47 bits per heavy atom. The van der Waals surface area contributed by atoms with E-state index in [-0.39, 0.29) is 12.1 Å². The van der Waals surface area contributed by atoms with Gasteiger partial charge >= 0.3 is 0 Å². The summed E-state index contributed by atoms with van der Waals surface area (Å²) in [5.74, 6) is 1.32. The first kappa shape index (κ1) is 11.2. The van der Waals surface area contributed by atoms with Gasteiger partial charge in [-0.3, -0.25) is 9.78 Å². The molecule has 0 saturated heterocycles. The summed E-state index contributed by atoms with van der Waals surface area (Å²) in [7, 11) is 0. The fourth-order valence-electron chi connectivity index (χ4n) is 1.16. The number of hydrogen-bond donors (Lipinski definition) is 0. The molecule has 1 aromatic heterocycles. The normalized spacial score (nSPS) is 9.40. The number of rotatable bonds is 3. The molecule has 0 bridgehead atoms. The van der Waals surface area contributed by atoms with E-state index in [1.54, 1.807) is 6.92 Å². The van der Waals surface area contributed by atoms with Crippen LogP contribution in [0.25, 0.3) is 0 Å². The van der Waals surface area contributed by atoms with Gasteiger partial charge in [-0.1, -0.05) is 5.92 Å². The second-order valence-corrected chi connectivity index (χ2v) is 2.88. The molecule has 0 aromatic carbocycles. The van der Waals surface area contributed by atoms with Crippen molar-refractivity contribution in [3.63, 3.8) is 0 Å². The quantitative estimate of drug-likeness (QED) is 0.699. The number of amides is 1. The Morgan fingerprint density at radius 1 is 1.73 bits per heavy atom. The van der Waals surface area contributed by atoms with E-state index in [9.17, 15) is 9.18 Å². The van der Waals surface area contributed by atoms with Crippen molar-refractivity contribution in [2.75, 3.05) is 13.1 Å². The van der Waals surface area contributed by atoms with Crippen molar-refractivity contribution in [1.82, 2.24) is 9.88 Å². The van der Waals surface area contributed by atoms with E-state index in [1.165, 1.54) is 17.2 Å². The second-order valence-electron chi connectivity index (χ2n) is 2.88. The molecule has 1 rings (SSSR count). The van der Waals surface area contributed by atoms with Crippen LogP contribution in [0, 0.1) is 18.2 Å². The van der Waals surface area contributed by atoms with Crippen LogP contribution in [0.1, 0.15) is 17.3 Å². The topological polar surface area (TPSA) is 33.2 Å². The van der Waals surface area contributed by atoms with Crippen LogP contribution in [0.2, 0.25) is 0 Å². The number of carbonyl (C=O) groups excluding carboxylic acids is 1. The van der Waals surface area contributed by atoms with Gasteiger partial charge in [0.05, 0.1) is 18.3 Å². The van der Waals surface area contributed by atoms with Gasteiger partial charge in [0.2, 0.25) is 0 Å². The molecule has 78 valence electrons. The molecular weight excluding hydrogens is 195 g/mol. The molecular formula is C11H11FN2O. The molecule has 0 N–H and O–H groups in total. The van der Waals surface area contributed by atoms with E-state index in [4.69, 9.17) is 6.42 Å². The number of nitrogens with zero attached hydrogens (tertiary/aromatic N) is 2. The Bertz CT molecular complexity index is 398. The molecule has 1 heterocycles. The van der Waals surface area contributed by atoms with Gasteiger partial charge in [0.1, 0.15) is 0 Å². The lowest BCUT2D eigenvalue weighted by Crippen LogP contribution is -2.31. The van der Waals surface area contributed by atoms with Crippen LogP contribution in [0.15, 0.2) is 18.5 Å². The number of terminal acetylenes is 1. The van der Waals surface area contributed by atoms with Crippen LogP contribution in [-0.2, 0) is 0 Å². The third-order valence-electron chi connectivity index (χ3n) is 1.95. The minimum Gasteiger partial charge on any atom is -0.328 e. The molecule has 0 aliphatic carbocycles. The molecule has 1 aromatic rings. The van der Waals surface area contributed by atoms with Crippen LogP contribution in [-0.4, -0.2) is 28.9 Å². The first-order valence-corrected chi connectivity index (χ1v) is 4.53. The summed E-state index contributed by atoms with van der Waals surface area (Å²) in [5, 5.41) is 0. The molecule has 0 saturated carbocycles. The summed E-state index contributed by atoms with van der Waals surface area (Å²) in [4.78, 5) is 16.7. The monoisotopic (exact) mass is 206 g/mol. The van der Waals surface area contributed by atoms with Crippen molar-refractivity contribution in [1.29, 1.82) is 0 Å². The highest BCUT2D eigenvalue weighted by molar-refractivity contribution is 5.94. The minimum absolute atomic E-state index is 0.00194. The van der Waals surface area contributed by atoms with Crippen molar-refractivity contribution in [2.24, 2.45) is 0 Å². The Hall–Kier alpha value is -1.89. The zero-order chi connectivity index (χ0) is 11.3. The van der Waals surface area contributed by atoms with E-state index < -0.39 is 11.7 Å². The zero-order valence-electron chi connectivity index (χ0n) is 8.40. The summed E-state index contributed by atoms with van der Waals surface area (Å²) in [6, 6.07) is 1.34. The summed E-state index contributed by atoms with van der Waals surface area (Å²) in [6.45, 7) is 2.41. The lowest BCUT2D eigenvalue weighted by Gasteiger charge is -2.17. The SMILES string of the molecule is C#CCN(CC)C(=O)c1ccncc1F. The molecule has 0 radical (unpaired) electrons. The van der Waals surface area contributed by atoms with Crippen molar-refractivity contribution < 1.29 is 9.18 Å². The van der Waals surface area contributed by atoms with Gasteiger partial charge in [0, 0.05) is 12.7 Å². The van der Waals surface area contributed by atoms with Crippen LogP contribution < -0.4 is 0 Å². The number of carbonyl (C=O) groups is 1. The van der Waals surface area contributed by atoms with Gasteiger partial charge < -0.3 is 4.90 Å². The molecule has 0 atom stereocenters. The molecule has 15 heavy (non-hydrogen) atoms. The fraction of sp³-hybridized carbons (Fsp3) is 0.273.